The number of nitrogens with zero attached hydrogens (tertiary/aromatic N) is 1. The van der Waals surface area contributed by atoms with Crippen molar-refractivity contribution in [3.8, 4) is 11.4 Å². The number of aldehydes is 1. The zero-order chi connectivity index (χ0) is 27.3. The second-order valence-corrected chi connectivity index (χ2v) is 8.88. The van der Waals surface area contributed by atoms with E-state index in [4.69, 9.17) is 21.1 Å². The molecule has 1 aromatic heterocycles. The van der Waals surface area contributed by atoms with Crippen molar-refractivity contribution in [2.75, 3.05) is 6.54 Å². The highest BCUT2D eigenvalue weighted by atomic mass is 35.5. The number of aromatic nitrogens is 1. The fourth-order valence-electron chi connectivity index (χ4n) is 3.37. The van der Waals surface area contributed by atoms with Gasteiger partial charge in [-0.3, -0.25) is 14.2 Å². The van der Waals surface area contributed by atoms with Crippen molar-refractivity contribution in [3.63, 3.8) is 0 Å². The van der Waals surface area contributed by atoms with Gasteiger partial charge < -0.3 is 14.8 Å². The molecule has 0 aliphatic carbocycles. The van der Waals surface area contributed by atoms with Crippen LogP contribution in [0.5, 0.6) is 5.75 Å². The van der Waals surface area contributed by atoms with Crippen LogP contribution in [0, 0.1) is 23.3 Å². The van der Waals surface area contributed by atoms with Gasteiger partial charge in [0, 0.05) is 30.9 Å². The Morgan fingerprint density at radius 1 is 1.08 bits per heavy atom. The topological polar surface area (TPSA) is 86.6 Å². The van der Waals surface area contributed by atoms with Crippen LogP contribution in [0.15, 0.2) is 47.4 Å². The van der Waals surface area contributed by atoms with E-state index in [1.807, 2.05) is 0 Å². The zero-order valence-corrected chi connectivity index (χ0v) is 20.4. The Morgan fingerprint density at radius 3 is 2.38 bits per heavy atom. The Kier molecular flexibility index (Phi) is 8.72. The van der Waals surface area contributed by atoms with E-state index in [-0.39, 0.29) is 42.9 Å². The molecule has 0 amide bonds. The molecule has 1 N–H and O–H groups in total. The van der Waals surface area contributed by atoms with Crippen molar-refractivity contribution >= 4 is 23.9 Å². The molecule has 0 bridgehead atoms. The third-order valence-corrected chi connectivity index (χ3v) is 5.41. The number of halogens is 5. The highest BCUT2D eigenvalue weighted by molar-refractivity contribution is 6.31. The lowest BCUT2D eigenvalue weighted by Gasteiger charge is -2.24. The van der Waals surface area contributed by atoms with E-state index in [2.05, 4.69) is 5.32 Å². The second-order valence-electron chi connectivity index (χ2n) is 8.50. The second kappa shape index (κ2) is 11.6. The molecule has 0 saturated heterocycles. The summed E-state index contributed by atoms with van der Waals surface area (Å²) < 4.78 is 67.5. The van der Waals surface area contributed by atoms with Crippen molar-refractivity contribution in [1.29, 1.82) is 0 Å². The maximum atomic E-state index is 14.9. The SMILES string of the molecule is CC(C)(CNCc1cc(F)c(-n2ccc(OCc3ccc(F)cc3F)c(Cl)c2=O)c(F)c1)OC(=O)C=O. The third kappa shape index (κ3) is 6.95. The lowest BCUT2D eigenvalue weighted by atomic mass is 10.1. The minimum absolute atomic E-state index is 0.00761. The van der Waals surface area contributed by atoms with Crippen LogP contribution in [-0.2, 0) is 27.5 Å². The summed E-state index contributed by atoms with van der Waals surface area (Å²) in [6, 6.07) is 6.08. The van der Waals surface area contributed by atoms with E-state index < -0.39 is 51.1 Å². The molecule has 3 aromatic rings. The third-order valence-electron chi connectivity index (χ3n) is 5.07. The van der Waals surface area contributed by atoms with Crippen LogP contribution in [0.3, 0.4) is 0 Å². The lowest BCUT2D eigenvalue weighted by molar-refractivity contribution is -0.158. The van der Waals surface area contributed by atoms with Gasteiger partial charge in [0.25, 0.3) is 5.56 Å². The molecule has 0 aliphatic heterocycles. The zero-order valence-electron chi connectivity index (χ0n) is 19.6. The summed E-state index contributed by atoms with van der Waals surface area (Å²) in [7, 11) is 0. The van der Waals surface area contributed by atoms with Gasteiger partial charge in [0.15, 0.2) is 11.6 Å². The fourth-order valence-corrected chi connectivity index (χ4v) is 3.58. The molecule has 0 radical (unpaired) electrons. The van der Waals surface area contributed by atoms with Crippen molar-refractivity contribution in [1.82, 2.24) is 9.88 Å². The van der Waals surface area contributed by atoms with E-state index in [0.717, 1.165) is 24.4 Å². The van der Waals surface area contributed by atoms with E-state index in [1.165, 1.54) is 12.1 Å². The summed E-state index contributed by atoms with van der Waals surface area (Å²) in [6.45, 7) is 2.79. The summed E-state index contributed by atoms with van der Waals surface area (Å²) in [4.78, 5) is 34.3. The molecule has 0 fully saturated rings. The summed E-state index contributed by atoms with van der Waals surface area (Å²) in [5, 5.41) is 2.37. The number of pyridine rings is 1. The molecule has 7 nitrogen and oxygen atoms in total. The summed E-state index contributed by atoms with van der Waals surface area (Å²) >= 11 is 6.05. The Hall–Kier alpha value is -3.70. The minimum atomic E-state index is -1.05. The van der Waals surface area contributed by atoms with Crippen molar-refractivity contribution in [2.45, 2.75) is 32.6 Å². The number of rotatable bonds is 10. The van der Waals surface area contributed by atoms with Crippen LogP contribution >= 0.6 is 11.6 Å². The highest BCUT2D eigenvalue weighted by Gasteiger charge is 2.23. The molecular formula is C25H21ClF4N2O5. The van der Waals surface area contributed by atoms with E-state index in [9.17, 15) is 31.9 Å². The standard InChI is InChI=1S/C25H21ClF4N2O5/c1-25(2,37-21(34)11-33)13-31-10-14-7-18(29)23(19(30)8-14)32-6-5-20(22(26)24(32)35)36-12-15-3-4-16(27)9-17(15)28/h3-9,11,31H,10,12-13H2,1-2H3. The largest absolute Gasteiger partial charge is 0.487 e. The normalized spacial score (nSPS) is 11.3. The van der Waals surface area contributed by atoms with E-state index in [1.54, 1.807) is 13.8 Å². The van der Waals surface area contributed by atoms with Gasteiger partial charge in [-0.25, -0.2) is 22.4 Å². The molecule has 0 spiro atoms. The molecule has 2 aromatic carbocycles. The first-order valence-corrected chi connectivity index (χ1v) is 11.1. The first-order chi connectivity index (χ1) is 17.4. The van der Waals surface area contributed by atoms with Crippen LogP contribution in [0.4, 0.5) is 17.6 Å². The number of hydrogen-bond acceptors (Lipinski definition) is 6. The van der Waals surface area contributed by atoms with Gasteiger partial charge in [-0.1, -0.05) is 11.6 Å². The molecule has 12 heteroatoms. The Morgan fingerprint density at radius 2 is 1.76 bits per heavy atom. The maximum absolute atomic E-state index is 14.9. The molecule has 1 heterocycles. The van der Waals surface area contributed by atoms with Gasteiger partial charge in [0.05, 0.1) is 0 Å². The Balaban J connectivity index is 1.75. The number of nitrogens with one attached hydrogen (secondary N) is 1. The van der Waals surface area contributed by atoms with Crippen molar-refractivity contribution < 1.29 is 36.6 Å². The number of ether oxygens (including phenoxy) is 2. The van der Waals surface area contributed by atoms with Gasteiger partial charge >= 0.3 is 5.97 Å². The molecule has 0 saturated carbocycles. The Bertz CT molecular complexity index is 1370. The van der Waals surface area contributed by atoms with Gasteiger partial charge in [0.1, 0.15) is 40.3 Å². The number of benzene rings is 2. The van der Waals surface area contributed by atoms with Gasteiger partial charge in [-0.05, 0) is 49.7 Å². The van der Waals surface area contributed by atoms with E-state index in [0.29, 0.717) is 10.6 Å². The maximum Gasteiger partial charge on any atom is 0.371 e. The molecule has 0 unspecified atom stereocenters. The number of carbonyl (C=O) groups excluding carboxylic acids is 2. The van der Waals surface area contributed by atoms with Gasteiger partial charge in [0.2, 0.25) is 6.29 Å². The van der Waals surface area contributed by atoms with Crippen LogP contribution < -0.4 is 15.6 Å². The van der Waals surface area contributed by atoms with Crippen molar-refractivity contribution in [2.24, 2.45) is 0 Å². The number of carbonyl (C=O) groups is 2. The summed E-state index contributed by atoms with van der Waals surface area (Å²) in [6.07, 6.45) is 1.08. The summed E-state index contributed by atoms with van der Waals surface area (Å²) in [5.41, 5.74) is -2.51. The molecule has 3 rings (SSSR count). The highest BCUT2D eigenvalue weighted by Crippen LogP contribution is 2.25. The number of esters is 1. The first-order valence-electron chi connectivity index (χ1n) is 10.8. The average Bonchev–Trinajstić information content (AvgIpc) is 2.81. The van der Waals surface area contributed by atoms with E-state index >= 15 is 0 Å². The molecular weight excluding hydrogens is 520 g/mol. The predicted octanol–water partition coefficient (Wildman–Crippen LogP) is 4.24. The van der Waals surface area contributed by atoms with Crippen LogP contribution in [-0.4, -0.2) is 29.0 Å². The van der Waals surface area contributed by atoms with Crippen LogP contribution in [0.1, 0.15) is 25.0 Å². The molecule has 0 aliphatic rings. The van der Waals surface area contributed by atoms with Gasteiger partial charge in [-0.15, -0.1) is 0 Å². The first kappa shape index (κ1) is 27.9. The smallest absolute Gasteiger partial charge is 0.371 e. The molecule has 37 heavy (non-hydrogen) atoms. The molecule has 0 atom stereocenters. The van der Waals surface area contributed by atoms with Crippen LogP contribution in [0.25, 0.3) is 5.69 Å². The van der Waals surface area contributed by atoms with Crippen LogP contribution in [0.2, 0.25) is 5.02 Å². The summed E-state index contributed by atoms with van der Waals surface area (Å²) in [5.74, 6) is -4.93. The fraction of sp³-hybridized carbons (Fsp3) is 0.240. The quantitative estimate of drug-likeness (QED) is 0.179. The predicted molar refractivity (Wildman–Crippen MR) is 126 cm³/mol. The lowest BCUT2D eigenvalue weighted by Crippen LogP contribution is -2.39. The number of hydrogen-bond donors (Lipinski definition) is 1. The average molecular weight is 541 g/mol. The monoisotopic (exact) mass is 540 g/mol. The minimum Gasteiger partial charge on any atom is -0.487 e. The van der Waals surface area contributed by atoms with Gasteiger partial charge in [-0.2, -0.15) is 0 Å². The molecule has 196 valence electrons. The Labute approximate surface area is 213 Å². The van der Waals surface area contributed by atoms with Crippen molar-refractivity contribution in [3.05, 3.63) is 92.4 Å².